The van der Waals surface area contributed by atoms with Crippen molar-refractivity contribution in [2.24, 2.45) is 0 Å². The number of benzene rings is 1. The maximum Gasteiger partial charge on any atom is 0.331 e. The van der Waals surface area contributed by atoms with Gasteiger partial charge in [0, 0.05) is 22.8 Å². The van der Waals surface area contributed by atoms with Crippen LogP contribution < -0.4 is 11.2 Å². The van der Waals surface area contributed by atoms with E-state index in [2.05, 4.69) is 17.5 Å². The van der Waals surface area contributed by atoms with Crippen LogP contribution in [0.4, 0.5) is 0 Å². The molecule has 1 aliphatic heterocycles. The van der Waals surface area contributed by atoms with Gasteiger partial charge < -0.3 is 4.90 Å². The maximum atomic E-state index is 13.6. The monoisotopic (exact) mass is 451 g/mol. The summed E-state index contributed by atoms with van der Waals surface area (Å²) in [4.78, 5) is 43.6. The van der Waals surface area contributed by atoms with Crippen molar-refractivity contribution in [1.29, 1.82) is 0 Å². The van der Waals surface area contributed by atoms with Crippen LogP contribution in [0.15, 0.2) is 62.8 Å². The average Bonchev–Trinajstić information content (AvgIpc) is 3.48. The Morgan fingerprint density at radius 1 is 1.03 bits per heavy atom. The Kier molecular flexibility index (Phi) is 5.11. The van der Waals surface area contributed by atoms with Gasteiger partial charge in [-0.2, -0.15) is 0 Å². The lowest BCUT2D eigenvalue weighted by Gasteiger charge is -2.35. The topological polar surface area (TPSA) is 64.3 Å². The molecule has 0 bridgehead atoms. The molecule has 158 valence electrons. The number of carbonyl (C=O) groups is 1. The van der Waals surface area contributed by atoms with E-state index in [1.54, 1.807) is 53.9 Å². The highest BCUT2D eigenvalue weighted by Gasteiger charge is 2.33. The van der Waals surface area contributed by atoms with Crippen LogP contribution in [0.2, 0.25) is 0 Å². The molecule has 0 fully saturated rings. The number of para-hydroxylation sites is 1. The molecule has 4 heterocycles. The Hall–Kier alpha value is -2.97. The van der Waals surface area contributed by atoms with Crippen molar-refractivity contribution in [2.75, 3.05) is 6.54 Å². The van der Waals surface area contributed by atoms with E-state index in [1.807, 2.05) is 16.3 Å². The molecule has 0 N–H and O–H groups in total. The highest BCUT2D eigenvalue weighted by Crippen LogP contribution is 2.39. The Morgan fingerprint density at radius 3 is 2.65 bits per heavy atom. The Balaban J connectivity index is 1.59. The molecule has 6 nitrogen and oxygen atoms in total. The third-order valence-corrected chi connectivity index (χ3v) is 7.76. The lowest BCUT2D eigenvalue weighted by Crippen LogP contribution is -2.45. The van der Waals surface area contributed by atoms with Crippen LogP contribution in [0.3, 0.4) is 0 Å². The molecule has 0 saturated carbocycles. The van der Waals surface area contributed by atoms with E-state index in [4.69, 9.17) is 0 Å². The molecule has 5 rings (SSSR count). The summed E-state index contributed by atoms with van der Waals surface area (Å²) in [6, 6.07) is 13.0. The summed E-state index contributed by atoms with van der Waals surface area (Å²) in [5, 5.41) is 4.55. The summed E-state index contributed by atoms with van der Waals surface area (Å²) in [7, 11) is 0. The van der Waals surface area contributed by atoms with Gasteiger partial charge in [0.25, 0.3) is 5.56 Å². The van der Waals surface area contributed by atoms with Crippen molar-refractivity contribution in [2.45, 2.75) is 32.5 Å². The van der Waals surface area contributed by atoms with E-state index in [9.17, 15) is 14.4 Å². The minimum atomic E-state index is -0.444. The number of hydrogen-bond acceptors (Lipinski definition) is 5. The van der Waals surface area contributed by atoms with Crippen molar-refractivity contribution in [1.82, 2.24) is 14.0 Å². The van der Waals surface area contributed by atoms with Gasteiger partial charge in [0.05, 0.1) is 16.9 Å². The van der Waals surface area contributed by atoms with Gasteiger partial charge in [-0.3, -0.25) is 18.7 Å². The number of thiophene rings is 2. The molecule has 0 saturated heterocycles. The third kappa shape index (κ3) is 3.26. The zero-order valence-corrected chi connectivity index (χ0v) is 18.6. The van der Waals surface area contributed by atoms with Gasteiger partial charge in [-0.05, 0) is 53.9 Å². The predicted octanol–water partition coefficient (Wildman–Crippen LogP) is 3.48. The number of aromatic nitrogens is 2. The third-order valence-electron chi connectivity index (χ3n) is 5.84. The molecule has 1 unspecified atom stereocenters. The fourth-order valence-corrected chi connectivity index (χ4v) is 6.13. The first-order chi connectivity index (χ1) is 15.1. The van der Waals surface area contributed by atoms with Gasteiger partial charge >= 0.3 is 5.69 Å². The minimum absolute atomic E-state index is 0.0963. The molecule has 1 atom stereocenters. The summed E-state index contributed by atoms with van der Waals surface area (Å²) in [5.74, 6) is -0.121. The van der Waals surface area contributed by atoms with Crippen LogP contribution >= 0.6 is 22.7 Å². The molecule has 4 aromatic rings. The first-order valence-corrected chi connectivity index (χ1v) is 12.0. The molecule has 0 radical (unpaired) electrons. The zero-order chi connectivity index (χ0) is 21.5. The molecule has 0 spiro atoms. The number of amides is 1. The van der Waals surface area contributed by atoms with E-state index in [1.165, 1.54) is 19.6 Å². The van der Waals surface area contributed by atoms with Crippen molar-refractivity contribution < 1.29 is 4.79 Å². The average molecular weight is 452 g/mol. The van der Waals surface area contributed by atoms with Crippen molar-refractivity contribution in [3.63, 3.8) is 0 Å². The molecule has 1 aromatic carbocycles. The lowest BCUT2D eigenvalue weighted by molar-refractivity contribution is -0.133. The van der Waals surface area contributed by atoms with Gasteiger partial charge in [0.15, 0.2) is 0 Å². The van der Waals surface area contributed by atoms with Gasteiger partial charge in [-0.1, -0.05) is 18.2 Å². The highest BCUT2D eigenvalue weighted by molar-refractivity contribution is 7.10. The predicted molar refractivity (Wildman–Crippen MR) is 124 cm³/mol. The lowest BCUT2D eigenvalue weighted by atomic mass is 9.98. The van der Waals surface area contributed by atoms with Crippen molar-refractivity contribution in [3.05, 3.63) is 89.4 Å². The fraction of sp³-hybridized carbons (Fsp3) is 0.261. The number of nitrogens with zero attached hydrogens (tertiary/aromatic N) is 3. The summed E-state index contributed by atoms with van der Waals surface area (Å²) >= 11 is 3.36. The first-order valence-electron chi connectivity index (χ1n) is 10.2. The van der Waals surface area contributed by atoms with Crippen LogP contribution in [0.5, 0.6) is 0 Å². The number of hydrogen-bond donors (Lipinski definition) is 0. The van der Waals surface area contributed by atoms with Crippen LogP contribution in [-0.2, 0) is 24.3 Å². The maximum absolute atomic E-state index is 13.6. The number of rotatable bonds is 4. The largest absolute Gasteiger partial charge is 0.331 e. The molecule has 1 amide bonds. The molecular weight excluding hydrogens is 430 g/mol. The van der Waals surface area contributed by atoms with Gasteiger partial charge in [-0.25, -0.2) is 4.79 Å². The second-order valence-corrected chi connectivity index (χ2v) is 9.47. The van der Waals surface area contributed by atoms with E-state index >= 15 is 0 Å². The molecular formula is C23H21N3O3S2. The molecule has 8 heteroatoms. The summed E-state index contributed by atoms with van der Waals surface area (Å²) in [6.07, 6.45) is 0.810. The van der Waals surface area contributed by atoms with E-state index in [-0.39, 0.29) is 30.6 Å². The molecule has 0 aliphatic carbocycles. The molecule has 31 heavy (non-hydrogen) atoms. The quantitative estimate of drug-likeness (QED) is 0.477. The second-order valence-electron chi connectivity index (χ2n) is 7.49. The second kappa shape index (κ2) is 7.94. The van der Waals surface area contributed by atoms with Gasteiger partial charge in [-0.15, -0.1) is 22.7 Å². The smallest absolute Gasteiger partial charge is 0.329 e. The Morgan fingerprint density at radius 2 is 1.87 bits per heavy atom. The van der Waals surface area contributed by atoms with Gasteiger partial charge in [0.2, 0.25) is 5.91 Å². The van der Waals surface area contributed by atoms with E-state index in [0.29, 0.717) is 17.4 Å². The summed E-state index contributed by atoms with van der Waals surface area (Å²) in [5.41, 5.74) is 0.906. The van der Waals surface area contributed by atoms with Crippen molar-refractivity contribution >= 4 is 39.5 Å². The van der Waals surface area contributed by atoms with Gasteiger partial charge in [0.1, 0.15) is 6.54 Å². The SMILES string of the molecule is CCn1c(=O)c2ccccc2n(CC(=O)N2CCc3sccc3C2c2cccs2)c1=O. The number of fused-ring (bicyclic) bond motifs is 2. The zero-order valence-electron chi connectivity index (χ0n) is 17.0. The van der Waals surface area contributed by atoms with E-state index in [0.717, 1.165) is 11.3 Å². The van der Waals surface area contributed by atoms with E-state index < -0.39 is 5.69 Å². The highest BCUT2D eigenvalue weighted by atomic mass is 32.1. The number of carbonyl (C=O) groups excluding carboxylic acids is 1. The Labute approximate surface area is 186 Å². The summed E-state index contributed by atoms with van der Waals surface area (Å²) < 4.78 is 2.64. The van der Waals surface area contributed by atoms with Crippen LogP contribution in [0, 0.1) is 0 Å². The van der Waals surface area contributed by atoms with Crippen LogP contribution in [0.1, 0.15) is 28.3 Å². The normalized spacial score (nSPS) is 15.9. The minimum Gasteiger partial charge on any atom is -0.329 e. The standard InChI is InChI=1S/C23H21N3O3S2/c1-2-24-22(28)15-6-3-4-7-17(15)26(23(24)29)14-20(27)25-11-9-18-16(10-13-31-18)21(25)19-8-5-12-30-19/h3-8,10,12-13,21H,2,9,11,14H2,1H3. The molecule has 1 aliphatic rings. The van der Waals surface area contributed by atoms with Crippen LogP contribution in [-0.4, -0.2) is 26.5 Å². The van der Waals surface area contributed by atoms with Crippen LogP contribution in [0.25, 0.3) is 10.9 Å². The first kappa shape index (κ1) is 20.0. The molecule has 3 aromatic heterocycles. The summed E-state index contributed by atoms with van der Waals surface area (Å²) in [6.45, 7) is 2.53. The Bertz CT molecular complexity index is 1380. The van der Waals surface area contributed by atoms with Crippen molar-refractivity contribution in [3.8, 4) is 0 Å². The fourth-order valence-electron chi connectivity index (χ4n) is 4.37.